The van der Waals surface area contributed by atoms with E-state index < -0.39 is 129 Å². The van der Waals surface area contributed by atoms with Crippen molar-refractivity contribution >= 4 is 5.97 Å². The Labute approximate surface area is 324 Å². The molecular weight excluding hydrogens is 744 g/mol. The van der Waals surface area contributed by atoms with E-state index in [0.717, 1.165) is 19.3 Å². The summed E-state index contributed by atoms with van der Waals surface area (Å²) in [6.07, 6.45) is -16.4. The molecule has 0 radical (unpaired) electrons. The maximum Gasteiger partial charge on any atom is 0.313 e. The van der Waals surface area contributed by atoms with E-state index in [4.69, 9.17) is 28.4 Å². The number of carbonyl (C=O) groups is 1. The summed E-state index contributed by atoms with van der Waals surface area (Å²) in [6.45, 7) is 3.82. The average molecular weight is 805 g/mol. The molecule has 3 saturated carbocycles. The number of hydrogen-bond acceptors (Lipinski definition) is 17. The summed E-state index contributed by atoms with van der Waals surface area (Å²) < 4.78 is 36.8. The van der Waals surface area contributed by atoms with Gasteiger partial charge in [-0.05, 0) is 80.5 Å². The van der Waals surface area contributed by atoms with Gasteiger partial charge in [0.25, 0.3) is 0 Å². The number of hydrogen-bond donors (Lipinski definition) is 11. The van der Waals surface area contributed by atoms with Crippen molar-refractivity contribution in [2.75, 3.05) is 19.8 Å². The van der Waals surface area contributed by atoms with Gasteiger partial charge in [-0.1, -0.05) is 26.0 Å². The zero-order chi connectivity index (χ0) is 40.7. The fourth-order valence-electron chi connectivity index (χ4n) is 12.0. The molecule has 7 rings (SSSR count). The van der Waals surface area contributed by atoms with Crippen LogP contribution in [0.3, 0.4) is 0 Å². The number of aliphatic hydroxyl groups excluding tert-OH is 10. The summed E-state index contributed by atoms with van der Waals surface area (Å²) in [7, 11) is 0. The van der Waals surface area contributed by atoms with Crippen LogP contribution < -0.4 is 0 Å². The zero-order valence-electron chi connectivity index (χ0n) is 31.9. The van der Waals surface area contributed by atoms with E-state index in [9.17, 15) is 61.0 Å². The van der Waals surface area contributed by atoms with Gasteiger partial charge in [0.15, 0.2) is 18.9 Å². The minimum atomic E-state index is -1.90. The van der Waals surface area contributed by atoms with Gasteiger partial charge in [-0.3, -0.25) is 4.79 Å². The lowest BCUT2D eigenvalue weighted by molar-refractivity contribution is -0.402. The first-order valence-electron chi connectivity index (χ1n) is 19.9. The van der Waals surface area contributed by atoms with Gasteiger partial charge in [0, 0.05) is 0 Å². The largest absolute Gasteiger partial charge is 0.481 e. The fourth-order valence-corrected chi connectivity index (χ4v) is 12.0. The van der Waals surface area contributed by atoms with Crippen molar-refractivity contribution in [1.82, 2.24) is 0 Å². The van der Waals surface area contributed by atoms with Crippen molar-refractivity contribution in [3.8, 4) is 0 Å². The van der Waals surface area contributed by atoms with Crippen LogP contribution in [0.5, 0.6) is 0 Å². The molecule has 7 aliphatic rings. The predicted octanol–water partition coefficient (Wildman–Crippen LogP) is -2.52. The number of allylic oxidation sites excluding steroid dienone is 1. The highest BCUT2D eigenvalue weighted by Gasteiger charge is 2.69. The summed E-state index contributed by atoms with van der Waals surface area (Å²) >= 11 is 0. The predicted molar refractivity (Wildman–Crippen MR) is 187 cm³/mol. The Kier molecular flexibility index (Phi) is 11.9. The van der Waals surface area contributed by atoms with Crippen molar-refractivity contribution in [3.05, 3.63) is 12.2 Å². The first kappa shape index (κ1) is 42.7. The number of ether oxygens (including phenoxy) is 6. The van der Waals surface area contributed by atoms with E-state index in [0.29, 0.717) is 25.7 Å². The number of carboxylic acid groups (broad SMARTS) is 1. The topological polar surface area (TPSA) is 295 Å². The van der Waals surface area contributed by atoms with Gasteiger partial charge in [0.2, 0.25) is 0 Å². The molecule has 320 valence electrons. The number of aliphatic hydroxyl groups is 10. The van der Waals surface area contributed by atoms with E-state index in [2.05, 4.69) is 13.8 Å². The Balaban J connectivity index is 1.21. The summed E-state index contributed by atoms with van der Waals surface area (Å²) in [6, 6.07) is 0. The van der Waals surface area contributed by atoms with Gasteiger partial charge < -0.3 is 84.6 Å². The quantitative estimate of drug-likeness (QED) is 0.0803. The molecule has 1 unspecified atom stereocenters. The van der Waals surface area contributed by atoms with Crippen molar-refractivity contribution in [3.63, 3.8) is 0 Å². The lowest BCUT2D eigenvalue weighted by Crippen LogP contribution is -2.68. The molecule has 11 N–H and O–H groups in total. The van der Waals surface area contributed by atoms with Gasteiger partial charge in [-0.25, -0.2) is 0 Å². The molecule has 0 aromatic rings. The van der Waals surface area contributed by atoms with Crippen LogP contribution in [-0.2, 0) is 33.2 Å². The van der Waals surface area contributed by atoms with Crippen molar-refractivity contribution in [1.29, 1.82) is 0 Å². The molecule has 3 heterocycles. The second-order valence-electron chi connectivity index (χ2n) is 18.0. The lowest BCUT2D eigenvalue weighted by atomic mass is 9.42. The molecule has 2 bridgehead atoms. The van der Waals surface area contributed by atoms with Crippen LogP contribution >= 0.6 is 0 Å². The summed E-state index contributed by atoms with van der Waals surface area (Å²) in [5, 5.41) is 116. The second-order valence-corrected chi connectivity index (χ2v) is 18.0. The molecule has 0 aromatic heterocycles. The molecule has 22 atom stereocenters. The third-order valence-electron chi connectivity index (χ3n) is 15.0. The lowest BCUT2D eigenvalue weighted by Gasteiger charge is -2.63. The summed E-state index contributed by atoms with van der Waals surface area (Å²) in [5.74, 6) is -0.794. The molecule has 1 spiro atoms. The van der Waals surface area contributed by atoms with Crippen LogP contribution in [0.1, 0.15) is 65.7 Å². The first-order chi connectivity index (χ1) is 26.4. The Morgan fingerprint density at radius 1 is 0.696 bits per heavy atom. The van der Waals surface area contributed by atoms with E-state index in [1.54, 1.807) is 0 Å². The SMILES string of the molecule is C[C@@H]1C[C@]23CC[C@H]4C(C)(C(=O)O)C=CC[C@]4(C)[C@H]2CC[C@]1(O[C@@H]1O[C@H](CO)[C@@H](O)[C@H](O[C@@H]2O[C@H](CO)[C@@H](O)[C@H](O)[C@H]2O)[C@H]1O[C@@H]1O[C@H](CO)[C@@H](O)[C@H](O)[C@H]1O)C3. The van der Waals surface area contributed by atoms with E-state index in [1.165, 1.54) is 0 Å². The molecule has 18 heteroatoms. The normalized spacial score (nSPS) is 55.7. The van der Waals surface area contributed by atoms with Crippen LogP contribution in [0.15, 0.2) is 12.2 Å². The minimum absolute atomic E-state index is 0.0671. The monoisotopic (exact) mass is 804 g/mol. The van der Waals surface area contributed by atoms with E-state index in [1.807, 2.05) is 19.1 Å². The first-order valence-corrected chi connectivity index (χ1v) is 19.9. The van der Waals surface area contributed by atoms with Crippen LogP contribution in [-0.4, -0.2) is 180 Å². The van der Waals surface area contributed by atoms with Crippen LogP contribution in [0.2, 0.25) is 0 Å². The molecule has 18 nitrogen and oxygen atoms in total. The number of fused-ring (bicyclic) bond motifs is 3. The van der Waals surface area contributed by atoms with Gasteiger partial charge in [-0.15, -0.1) is 0 Å². The third-order valence-corrected chi connectivity index (χ3v) is 15.0. The number of rotatable bonds is 10. The number of aliphatic carboxylic acids is 1. The van der Waals surface area contributed by atoms with E-state index in [-0.39, 0.29) is 28.6 Å². The maximum atomic E-state index is 12.6. The van der Waals surface area contributed by atoms with E-state index >= 15 is 0 Å². The second kappa shape index (κ2) is 15.6. The Morgan fingerprint density at radius 3 is 1.77 bits per heavy atom. The molecule has 4 aliphatic carbocycles. The van der Waals surface area contributed by atoms with Gasteiger partial charge in [-0.2, -0.15) is 0 Å². The zero-order valence-corrected chi connectivity index (χ0v) is 31.9. The Bertz CT molecular complexity index is 1450. The van der Waals surface area contributed by atoms with Crippen LogP contribution in [0.4, 0.5) is 0 Å². The van der Waals surface area contributed by atoms with Crippen molar-refractivity contribution < 1.29 is 89.4 Å². The maximum absolute atomic E-state index is 12.6. The highest BCUT2D eigenvalue weighted by molar-refractivity contribution is 5.77. The molecule has 3 saturated heterocycles. The van der Waals surface area contributed by atoms with Crippen LogP contribution in [0.25, 0.3) is 0 Å². The molecule has 0 amide bonds. The summed E-state index contributed by atoms with van der Waals surface area (Å²) in [4.78, 5) is 12.6. The molecule has 56 heavy (non-hydrogen) atoms. The van der Waals surface area contributed by atoms with Gasteiger partial charge in [0.05, 0.1) is 30.8 Å². The van der Waals surface area contributed by atoms with Crippen LogP contribution in [0, 0.1) is 34.0 Å². The van der Waals surface area contributed by atoms with Crippen molar-refractivity contribution in [2.24, 2.45) is 34.0 Å². The smallest absolute Gasteiger partial charge is 0.313 e. The molecule has 3 aliphatic heterocycles. The summed E-state index contributed by atoms with van der Waals surface area (Å²) in [5.41, 5.74) is -2.36. The molecule has 0 aromatic carbocycles. The molecule has 6 fully saturated rings. The van der Waals surface area contributed by atoms with Gasteiger partial charge in [0.1, 0.15) is 73.2 Å². The molecular formula is C38H60O18. The third kappa shape index (κ3) is 6.69. The standard InChI is InChI=1S/C38H60O18/c1-16-11-37-9-5-20-35(2,7-4-8-36(20,3)34(49)50)21(37)6-10-38(16,15-37)56-33-30(55-32-28(48)26(46)23(43)18(13-40)52-32)29(24(44)19(14-41)53-33)54-31-27(47)25(45)22(42)17(12-39)51-31/h4,8,16-33,39-48H,5-7,9-15H2,1-3H3,(H,49,50)/t16-,17-,18-,19-,20-,21-,22-,23-,24-,25+,26+,27-,28-,29+,30-,31+,32+,33+,35+,36?,37+,38+/m1/s1. The average Bonchev–Trinajstić information content (AvgIpc) is 3.36. The van der Waals surface area contributed by atoms with Gasteiger partial charge >= 0.3 is 5.97 Å². The van der Waals surface area contributed by atoms with Crippen molar-refractivity contribution in [2.45, 2.75) is 163 Å². The highest BCUT2D eigenvalue weighted by Crippen LogP contribution is 2.73. The fraction of sp³-hybridized carbons (Fsp3) is 0.921. The Morgan fingerprint density at radius 2 is 1.21 bits per heavy atom. The number of carboxylic acids is 1. The Hall–Kier alpha value is -1.43. The highest BCUT2D eigenvalue weighted by atomic mass is 16.8. The minimum Gasteiger partial charge on any atom is -0.481 e.